The largest absolute Gasteiger partial charge is 0.383 e. The molecule has 1 N–H and O–H groups in total. The van der Waals surface area contributed by atoms with Gasteiger partial charge in [-0.05, 0) is 43.3 Å². The zero-order chi connectivity index (χ0) is 25.2. The van der Waals surface area contributed by atoms with Crippen LogP contribution < -0.4 is 9.52 Å². The number of sulfonamides is 1. The summed E-state index contributed by atoms with van der Waals surface area (Å²) in [6.45, 7) is 2.65. The number of para-hydroxylation sites is 1. The molecule has 1 aromatic heterocycles. The Morgan fingerprint density at radius 2 is 1.83 bits per heavy atom. The number of nitrogens with one attached hydrogen (secondary N) is 1. The summed E-state index contributed by atoms with van der Waals surface area (Å²) in [4.78, 5) is 18.1. The number of carbonyl (C=O) groups is 1. The lowest BCUT2D eigenvalue weighted by atomic mass is 10.2. The van der Waals surface area contributed by atoms with E-state index in [4.69, 9.17) is 27.9 Å². The highest BCUT2D eigenvalue weighted by molar-refractivity contribution is 7.92. The number of nitrogens with zero attached hydrogens (tertiary/aromatic N) is 2. The molecular formula is C24H21Cl2N3O4S2. The monoisotopic (exact) mass is 549 g/mol. The van der Waals surface area contributed by atoms with Crippen LogP contribution in [0.4, 0.5) is 5.69 Å². The predicted molar refractivity (Wildman–Crippen MR) is 140 cm³/mol. The number of rotatable bonds is 7. The van der Waals surface area contributed by atoms with Gasteiger partial charge < -0.3 is 9.30 Å². The number of halogens is 2. The van der Waals surface area contributed by atoms with Crippen LogP contribution in [0.3, 0.4) is 0 Å². The number of hydrogen-bond acceptors (Lipinski definition) is 5. The van der Waals surface area contributed by atoms with Gasteiger partial charge >= 0.3 is 0 Å². The molecule has 11 heteroatoms. The summed E-state index contributed by atoms with van der Waals surface area (Å²) in [5, 5.41) is 0.899. The molecule has 0 saturated carbocycles. The third kappa shape index (κ3) is 5.60. The van der Waals surface area contributed by atoms with Crippen molar-refractivity contribution < 1.29 is 17.9 Å². The summed E-state index contributed by atoms with van der Waals surface area (Å²) in [6, 6.07) is 16.2. The van der Waals surface area contributed by atoms with Crippen molar-refractivity contribution in [3.63, 3.8) is 0 Å². The first kappa shape index (κ1) is 25.4. The highest BCUT2D eigenvalue weighted by atomic mass is 35.5. The number of aryl methyl sites for hydroxylation is 1. The van der Waals surface area contributed by atoms with Crippen molar-refractivity contribution in [2.75, 3.05) is 18.4 Å². The van der Waals surface area contributed by atoms with Crippen molar-refractivity contribution in [3.8, 4) is 0 Å². The van der Waals surface area contributed by atoms with Gasteiger partial charge in [0.15, 0.2) is 4.80 Å². The molecule has 3 aromatic carbocycles. The number of amides is 1. The van der Waals surface area contributed by atoms with Crippen LogP contribution in [0.1, 0.15) is 15.9 Å². The number of hydrogen-bond donors (Lipinski definition) is 1. The Morgan fingerprint density at radius 1 is 1.11 bits per heavy atom. The molecule has 4 rings (SSSR count). The van der Waals surface area contributed by atoms with E-state index in [1.807, 2.05) is 6.92 Å². The van der Waals surface area contributed by atoms with Crippen LogP contribution in [0.15, 0.2) is 70.6 Å². The first-order valence-electron chi connectivity index (χ1n) is 10.4. The number of aromatic nitrogens is 1. The van der Waals surface area contributed by atoms with E-state index in [0.717, 1.165) is 10.3 Å². The van der Waals surface area contributed by atoms with Gasteiger partial charge in [0.25, 0.3) is 15.9 Å². The Labute approximate surface area is 216 Å². The molecule has 0 unspecified atom stereocenters. The van der Waals surface area contributed by atoms with Gasteiger partial charge in [0.2, 0.25) is 0 Å². The second-order valence-corrected chi connectivity index (χ2v) is 11.2. The number of benzene rings is 3. The zero-order valence-electron chi connectivity index (χ0n) is 18.8. The number of carbonyl (C=O) groups excluding carboxylic acids is 1. The van der Waals surface area contributed by atoms with E-state index in [2.05, 4.69) is 9.71 Å². The van der Waals surface area contributed by atoms with Gasteiger partial charge in [0, 0.05) is 18.7 Å². The number of ether oxygens (including phenoxy) is 1. The maximum atomic E-state index is 13.3. The van der Waals surface area contributed by atoms with Crippen LogP contribution in [-0.2, 0) is 21.3 Å². The summed E-state index contributed by atoms with van der Waals surface area (Å²) in [7, 11) is -2.33. The van der Waals surface area contributed by atoms with Crippen LogP contribution in [0.25, 0.3) is 10.2 Å². The lowest BCUT2D eigenvalue weighted by molar-refractivity contribution is 0.0998. The fourth-order valence-corrected chi connectivity index (χ4v) is 6.35. The molecule has 1 amide bonds. The molecular weight excluding hydrogens is 529 g/mol. The average molecular weight is 550 g/mol. The minimum Gasteiger partial charge on any atom is -0.383 e. The van der Waals surface area contributed by atoms with E-state index in [-0.39, 0.29) is 16.1 Å². The van der Waals surface area contributed by atoms with Crippen LogP contribution in [-0.4, -0.2) is 32.6 Å². The molecule has 0 atom stereocenters. The van der Waals surface area contributed by atoms with E-state index < -0.39 is 15.9 Å². The molecule has 1 heterocycles. The summed E-state index contributed by atoms with van der Waals surface area (Å²) in [6.07, 6.45) is 0. The van der Waals surface area contributed by atoms with Crippen molar-refractivity contribution in [1.29, 1.82) is 0 Å². The molecule has 0 fully saturated rings. The summed E-state index contributed by atoms with van der Waals surface area (Å²) in [5.41, 5.74) is 1.87. The molecule has 0 aliphatic carbocycles. The maximum absolute atomic E-state index is 13.3. The molecule has 0 saturated heterocycles. The average Bonchev–Trinajstić information content (AvgIpc) is 3.14. The van der Waals surface area contributed by atoms with E-state index >= 15 is 0 Å². The Kier molecular flexibility index (Phi) is 7.63. The minimum absolute atomic E-state index is 0.0933. The van der Waals surface area contributed by atoms with Gasteiger partial charge in [0.1, 0.15) is 0 Å². The van der Waals surface area contributed by atoms with E-state index in [9.17, 15) is 13.2 Å². The van der Waals surface area contributed by atoms with Gasteiger partial charge in [0.05, 0.1) is 38.0 Å². The first-order chi connectivity index (χ1) is 16.7. The number of thiazole rings is 1. The molecule has 0 spiro atoms. The van der Waals surface area contributed by atoms with Crippen molar-refractivity contribution in [2.24, 2.45) is 4.99 Å². The Morgan fingerprint density at radius 3 is 2.54 bits per heavy atom. The molecule has 0 bridgehead atoms. The van der Waals surface area contributed by atoms with Crippen LogP contribution in [0.5, 0.6) is 0 Å². The molecule has 0 radical (unpaired) electrons. The zero-order valence-corrected chi connectivity index (χ0v) is 21.9. The molecule has 0 aliphatic rings. The number of methoxy groups -OCH3 is 1. The minimum atomic E-state index is -3.91. The lowest BCUT2D eigenvalue weighted by Gasteiger charge is -2.11. The second-order valence-electron chi connectivity index (χ2n) is 7.64. The first-order valence-corrected chi connectivity index (χ1v) is 13.5. The molecule has 7 nitrogen and oxygen atoms in total. The highest BCUT2D eigenvalue weighted by Gasteiger charge is 2.19. The SMILES string of the molecule is COCCn1c(=NC(=O)c2ccccc2NS(=O)(=O)c2ccc(C)cc2)sc2cc(Cl)cc(Cl)c21. The molecule has 0 aliphatic heterocycles. The molecule has 182 valence electrons. The third-order valence-corrected chi connectivity index (χ3v) is 8.06. The van der Waals surface area contributed by atoms with E-state index in [0.29, 0.717) is 33.5 Å². The van der Waals surface area contributed by atoms with Crippen molar-refractivity contribution >= 4 is 66.4 Å². The predicted octanol–water partition coefficient (Wildman–Crippen LogP) is 5.51. The van der Waals surface area contributed by atoms with Crippen molar-refractivity contribution in [1.82, 2.24) is 4.57 Å². The summed E-state index contributed by atoms with van der Waals surface area (Å²) >= 11 is 13.9. The highest BCUT2D eigenvalue weighted by Crippen LogP contribution is 2.30. The second kappa shape index (κ2) is 10.5. The van der Waals surface area contributed by atoms with Crippen LogP contribution >= 0.6 is 34.5 Å². The fourth-order valence-electron chi connectivity index (χ4n) is 3.43. The standard InChI is InChI=1S/C24H21Cl2N3O4S2/c1-15-7-9-17(10-8-15)35(31,32)28-20-6-4-3-5-18(20)23(30)27-24-29(11-12-33-2)22-19(26)13-16(25)14-21(22)34-24/h3-10,13-14,28H,11-12H2,1-2H3. The number of fused-ring (bicyclic) bond motifs is 1. The Bertz CT molecular complexity index is 1580. The van der Waals surface area contributed by atoms with Crippen LogP contribution in [0.2, 0.25) is 10.0 Å². The van der Waals surface area contributed by atoms with Crippen molar-refractivity contribution in [2.45, 2.75) is 18.4 Å². The van der Waals surface area contributed by atoms with E-state index in [1.165, 1.54) is 35.6 Å². The van der Waals surface area contributed by atoms with Gasteiger partial charge in [-0.15, -0.1) is 0 Å². The van der Waals surface area contributed by atoms with E-state index in [1.54, 1.807) is 48.1 Å². The molecule has 4 aromatic rings. The fraction of sp³-hybridized carbons (Fsp3) is 0.167. The Balaban J connectivity index is 1.77. The molecule has 35 heavy (non-hydrogen) atoms. The number of anilines is 1. The maximum Gasteiger partial charge on any atom is 0.281 e. The van der Waals surface area contributed by atoms with Gasteiger partial charge in [-0.3, -0.25) is 9.52 Å². The summed E-state index contributed by atoms with van der Waals surface area (Å²) in [5.74, 6) is -0.604. The van der Waals surface area contributed by atoms with Crippen molar-refractivity contribution in [3.05, 3.63) is 86.6 Å². The quantitative estimate of drug-likeness (QED) is 0.329. The van der Waals surface area contributed by atoms with Gasteiger partial charge in [-0.25, -0.2) is 8.42 Å². The Hall–Kier alpha value is -2.69. The third-order valence-electron chi connectivity index (χ3n) is 5.14. The summed E-state index contributed by atoms with van der Waals surface area (Å²) < 4.78 is 36.1. The van der Waals surface area contributed by atoms with Gasteiger partial charge in [-0.2, -0.15) is 4.99 Å². The van der Waals surface area contributed by atoms with Gasteiger partial charge in [-0.1, -0.05) is 64.4 Å². The smallest absolute Gasteiger partial charge is 0.281 e. The normalized spacial score (nSPS) is 12.3. The topological polar surface area (TPSA) is 89.8 Å². The van der Waals surface area contributed by atoms with Crippen LogP contribution in [0, 0.1) is 6.92 Å². The lowest BCUT2D eigenvalue weighted by Crippen LogP contribution is -2.20.